The molecule has 4 heterocycles. The van der Waals surface area contributed by atoms with Crippen molar-refractivity contribution >= 4 is 23.5 Å². The monoisotopic (exact) mass is 714 g/mol. The Balaban J connectivity index is 0.000000471. The summed E-state index contributed by atoms with van der Waals surface area (Å²) in [5.41, 5.74) is 1.39. The number of hydrogen-bond donors (Lipinski definition) is 4. The van der Waals surface area contributed by atoms with E-state index < -0.39 is 0 Å². The van der Waals surface area contributed by atoms with Crippen LogP contribution in [0.1, 0.15) is 6.92 Å². The van der Waals surface area contributed by atoms with E-state index in [9.17, 15) is 0 Å². The minimum atomic E-state index is 0. The molecule has 262 valence electrons. The summed E-state index contributed by atoms with van der Waals surface area (Å²) in [6, 6.07) is 14.4. The molecular weight excluding hydrogens is 675 g/mol. The molecule has 0 unspecified atom stereocenters. The molecule has 0 saturated heterocycles. The number of rotatable bonds is 13. The van der Waals surface area contributed by atoms with Crippen LogP contribution in [0.2, 0.25) is 0 Å². The van der Waals surface area contributed by atoms with E-state index in [1.807, 2.05) is 67.8 Å². The van der Waals surface area contributed by atoms with Crippen molar-refractivity contribution in [3.05, 3.63) is 109 Å². The Hall–Kier alpha value is -4.84. The molecule has 4 N–H and O–H groups in total. The number of aromatic nitrogens is 4. The molecule has 0 aliphatic heterocycles. The van der Waals surface area contributed by atoms with E-state index in [-0.39, 0.29) is 51.2 Å². The third-order valence-electron chi connectivity index (χ3n) is 6.00. The first-order chi connectivity index (χ1) is 23.0. The molecule has 0 fully saturated rings. The van der Waals surface area contributed by atoms with Gasteiger partial charge in [-0.25, -0.2) is 9.13 Å². The van der Waals surface area contributed by atoms with Crippen molar-refractivity contribution in [1.82, 2.24) is 9.13 Å². The Morgan fingerprint density at radius 3 is 1.53 bits per heavy atom. The second kappa shape index (κ2) is 25.2. The first kappa shape index (κ1) is 42.2. The minimum Gasteiger partial charge on any atom is -1.00 e. The van der Waals surface area contributed by atoms with Gasteiger partial charge in [-0.1, -0.05) is 0 Å². The average Bonchev–Trinajstić information content (AvgIpc) is 3.10. The lowest BCUT2D eigenvalue weighted by atomic mass is 10.4. The van der Waals surface area contributed by atoms with Crippen LogP contribution in [0.25, 0.3) is 0 Å². The van der Waals surface area contributed by atoms with Gasteiger partial charge in [0.25, 0.3) is 0 Å². The standard InChI is InChI=1S/C16H21N6O2.C15H19N6O2.2ClH/c1-14(17-19-15-2-6-21(7-3-15)10-12-23)18-20-16-4-8-22(9-5-16)11-13-24;22-11-9-20-5-1-14(2-6-20)18-16-13-17-19-15-3-7-21(8-4-15)10-12-23;;/h2-9,23-24H,10-13H2,1H3;1-8,13,22-23H,9-12H2;2*1H/q2*+1;;/p-2. The van der Waals surface area contributed by atoms with Crippen LogP contribution in [0.15, 0.2) is 139 Å². The second-order valence-electron chi connectivity index (χ2n) is 9.56. The summed E-state index contributed by atoms with van der Waals surface area (Å²) in [4.78, 5) is 0. The van der Waals surface area contributed by atoms with E-state index in [0.29, 0.717) is 54.1 Å². The summed E-state index contributed by atoms with van der Waals surface area (Å²) in [7, 11) is 0. The van der Waals surface area contributed by atoms with E-state index in [0.717, 1.165) is 0 Å². The zero-order chi connectivity index (χ0) is 33.5. The van der Waals surface area contributed by atoms with Crippen LogP contribution in [-0.2, 0) is 26.2 Å². The molecule has 0 atom stereocenters. The summed E-state index contributed by atoms with van der Waals surface area (Å²) in [5, 5.41) is 68.6. The maximum absolute atomic E-state index is 8.86. The number of azo groups is 2. The molecule has 4 rings (SSSR count). The second-order valence-corrected chi connectivity index (χ2v) is 9.56. The zero-order valence-corrected chi connectivity index (χ0v) is 28.4. The van der Waals surface area contributed by atoms with Gasteiger partial charge >= 0.3 is 0 Å². The third kappa shape index (κ3) is 17.2. The molecule has 0 aromatic carbocycles. The smallest absolute Gasteiger partial charge is 0.171 e. The van der Waals surface area contributed by atoms with Crippen LogP contribution in [-0.4, -0.2) is 68.2 Å². The summed E-state index contributed by atoms with van der Waals surface area (Å²) in [6.07, 6.45) is 15.8. The van der Waals surface area contributed by atoms with Gasteiger partial charge in [0, 0.05) is 62.1 Å². The van der Waals surface area contributed by atoms with Crippen LogP contribution < -0.4 is 44.7 Å². The predicted octanol–water partition coefficient (Wildman–Crippen LogP) is -4.83. The number of nitrogens with zero attached hydrogens (tertiary/aromatic N) is 12. The summed E-state index contributed by atoms with van der Waals surface area (Å²) < 4.78 is 7.41. The average molecular weight is 716 g/mol. The van der Waals surface area contributed by atoms with Crippen molar-refractivity contribution in [1.29, 1.82) is 0 Å². The fourth-order valence-corrected chi connectivity index (χ4v) is 3.61. The van der Waals surface area contributed by atoms with Gasteiger partial charge in [-0.3, -0.25) is 0 Å². The first-order valence-corrected chi connectivity index (χ1v) is 14.7. The fourth-order valence-electron chi connectivity index (χ4n) is 3.61. The number of hydrogen-bond acceptors (Lipinski definition) is 10. The Labute approximate surface area is 295 Å². The van der Waals surface area contributed by atoms with Crippen LogP contribution in [0.4, 0.5) is 11.4 Å². The fraction of sp³-hybridized carbons (Fsp3) is 0.290. The summed E-state index contributed by atoms with van der Waals surface area (Å²) >= 11 is 0. The van der Waals surface area contributed by atoms with Crippen molar-refractivity contribution in [3.8, 4) is 0 Å². The van der Waals surface area contributed by atoms with Gasteiger partial charge in [0.15, 0.2) is 50.1 Å². The van der Waals surface area contributed by atoms with E-state index >= 15 is 0 Å². The van der Waals surface area contributed by atoms with Crippen molar-refractivity contribution < 1.29 is 54.4 Å². The van der Waals surface area contributed by atoms with Gasteiger partial charge in [-0.15, -0.1) is 40.9 Å². The molecule has 0 bridgehead atoms. The summed E-state index contributed by atoms with van der Waals surface area (Å²) in [6.45, 7) is 4.30. The molecule has 16 nitrogen and oxygen atoms in total. The van der Waals surface area contributed by atoms with Gasteiger partial charge in [0.2, 0.25) is 0 Å². The van der Waals surface area contributed by atoms with E-state index in [1.165, 1.54) is 6.34 Å². The van der Waals surface area contributed by atoms with Gasteiger partial charge in [0.05, 0.1) is 35.3 Å². The molecule has 4 aromatic rings. The van der Waals surface area contributed by atoms with E-state index in [1.54, 1.807) is 55.5 Å². The highest BCUT2D eigenvalue weighted by molar-refractivity contribution is 5.79. The van der Waals surface area contributed by atoms with Crippen molar-refractivity contribution in [2.24, 2.45) is 40.9 Å². The number of pyridine rings is 4. The molecule has 0 radical (unpaired) electrons. The Morgan fingerprint density at radius 2 is 1.08 bits per heavy atom. The van der Waals surface area contributed by atoms with Gasteiger partial charge in [-0.05, 0) is 31.2 Å². The van der Waals surface area contributed by atoms with Gasteiger partial charge in [-0.2, -0.15) is 0 Å². The largest absolute Gasteiger partial charge is 1.00 e. The van der Waals surface area contributed by atoms with E-state index in [2.05, 4.69) is 40.9 Å². The van der Waals surface area contributed by atoms with Crippen molar-refractivity contribution in [2.45, 2.75) is 33.1 Å². The van der Waals surface area contributed by atoms with Crippen molar-refractivity contribution in [2.75, 3.05) is 26.4 Å². The molecule has 0 amide bonds. The number of halogens is 2. The van der Waals surface area contributed by atoms with Crippen molar-refractivity contribution in [3.63, 3.8) is 0 Å². The normalized spacial score (nSPS) is 11.2. The van der Waals surface area contributed by atoms with Gasteiger partial charge in [0.1, 0.15) is 13.2 Å². The summed E-state index contributed by atoms with van der Waals surface area (Å²) in [5.74, 6) is 0.439. The Bertz CT molecular complexity index is 1720. The topological polar surface area (TPSA) is 197 Å². The first-order valence-electron chi connectivity index (χ1n) is 14.7. The minimum absolute atomic E-state index is 0. The highest BCUT2D eigenvalue weighted by atomic mass is 35.5. The quantitative estimate of drug-likeness (QED) is 0.0355. The Morgan fingerprint density at radius 1 is 0.633 bits per heavy atom. The molecule has 0 aliphatic carbocycles. The van der Waals surface area contributed by atoms with Crippen LogP contribution in [0.3, 0.4) is 0 Å². The molecule has 0 spiro atoms. The highest BCUT2D eigenvalue weighted by Crippen LogP contribution is 2.09. The maximum atomic E-state index is 8.86. The Kier molecular flexibility index (Phi) is 21.7. The molecular formula is C31H40Cl2N12O4. The van der Waals surface area contributed by atoms with Crippen LogP contribution >= 0.6 is 0 Å². The van der Waals surface area contributed by atoms with E-state index in [4.69, 9.17) is 20.4 Å². The molecule has 0 saturated carbocycles. The van der Waals surface area contributed by atoms with Crippen LogP contribution in [0.5, 0.6) is 0 Å². The number of amidine groups is 1. The lowest BCUT2D eigenvalue weighted by molar-refractivity contribution is -0.698. The molecule has 4 aromatic heterocycles. The number of aliphatic hydroxyl groups is 4. The third-order valence-corrected chi connectivity index (χ3v) is 6.00. The SMILES string of the molecule is CC(N=Nc1cc[n+](CCO)cc1)=NN=c1ccn(CCO)cc1.OCCn1ccc(=NN=CN=Nc2cc[n+](CCO)cc2)cc1.[Cl-].[Cl-]. The zero-order valence-electron chi connectivity index (χ0n) is 26.9. The molecule has 18 heteroatoms. The maximum Gasteiger partial charge on any atom is 0.171 e. The lowest BCUT2D eigenvalue weighted by Gasteiger charge is -2.01. The lowest BCUT2D eigenvalue weighted by Crippen LogP contribution is -3.00. The predicted molar refractivity (Wildman–Crippen MR) is 172 cm³/mol. The van der Waals surface area contributed by atoms with Crippen LogP contribution in [0, 0.1) is 0 Å². The van der Waals surface area contributed by atoms with Gasteiger partial charge < -0.3 is 54.4 Å². The highest BCUT2D eigenvalue weighted by Gasteiger charge is 1.99. The number of aliphatic hydroxyl groups excluding tert-OH is 4. The molecule has 0 aliphatic rings. The molecule has 49 heavy (non-hydrogen) atoms.